The Morgan fingerprint density at radius 1 is 0.930 bits per heavy atom. The molecule has 2 aromatic carbocycles. The zero-order valence-electron chi connectivity index (χ0n) is 24.1. The lowest BCUT2D eigenvalue weighted by atomic mass is 10.2. The van der Waals surface area contributed by atoms with Crippen molar-refractivity contribution in [1.29, 1.82) is 0 Å². The average molecular weight is 624 g/mol. The molecular weight excluding hydrogens is 591 g/mol. The first-order valence-electron chi connectivity index (χ1n) is 13.9. The Morgan fingerprint density at radius 2 is 1.67 bits per heavy atom. The minimum atomic E-state index is 0.297. The summed E-state index contributed by atoms with van der Waals surface area (Å²) >= 11 is 13.4. The molecule has 2 aliphatic heterocycles. The molecule has 0 amide bonds. The lowest BCUT2D eigenvalue weighted by Crippen LogP contribution is -2.46. The van der Waals surface area contributed by atoms with E-state index in [4.69, 9.17) is 37.7 Å². The fourth-order valence-corrected chi connectivity index (χ4v) is 5.74. The number of benzene rings is 2. The molecule has 0 unspecified atom stereocenters. The molecule has 2 aromatic heterocycles. The van der Waals surface area contributed by atoms with Crippen molar-refractivity contribution in [3.05, 3.63) is 64.7 Å². The number of aromatic nitrogens is 4. The number of allylic oxidation sites excluding steroid dienone is 1. The second kappa shape index (κ2) is 12.5. The molecule has 1 fully saturated rings. The standard InChI is InChI=1S/C29H32Cl2N10O2/c1-4-38-11-13-39(14-12-38)25-16-23(33-17-34-25)36-24-9-10-32-18-40(24)41-20-8-6-5-7-19(20)35-29(41)37-28-26(30)21(42-2)15-22(43-3)27(28)31/h5-10,15-17H,4,11-14,18H2,1-3H3,(H,35,37)(H,33,34,36). The van der Waals surface area contributed by atoms with Gasteiger partial charge in [-0.1, -0.05) is 42.3 Å². The van der Waals surface area contributed by atoms with E-state index < -0.39 is 0 Å². The van der Waals surface area contributed by atoms with Crippen molar-refractivity contribution in [2.24, 2.45) is 4.99 Å². The highest BCUT2D eigenvalue weighted by molar-refractivity contribution is 6.41. The predicted molar refractivity (Wildman–Crippen MR) is 172 cm³/mol. The molecule has 14 heteroatoms. The molecule has 224 valence electrons. The van der Waals surface area contributed by atoms with E-state index in [1.807, 2.05) is 46.1 Å². The molecule has 1 saturated heterocycles. The topological polar surface area (TPSA) is 108 Å². The molecule has 0 saturated carbocycles. The van der Waals surface area contributed by atoms with Crippen molar-refractivity contribution in [2.45, 2.75) is 6.92 Å². The number of para-hydroxylation sites is 2. The van der Waals surface area contributed by atoms with Gasteiger partial charge in [0.05, 0.1) is 30.9 Å². The Kier molecular flexibility index (Phi) is 8.41. The normalized spacial score (nSPS) is 15.5. The zero-order valence-corrected chi connectivity index (χ0v) is 25.6. The van der Waals surface area contributed by atoms with Gasteiger partial charge in [-0.2, -0.15) is 0 Å². The number of rotatable bonds is 9. The number of fused-ring (bicyclic) bond motifs is 1. The molecule has 2 N–H and O–H groups in total. The van der Waals surface area contributed by atoms with Crippen LogP contribution in [0.2, 0.25) is 10.0 Å². The first kappa shape index (κ1) is 28.8. The van der Waals surface area contributed by atoms with Crippen LogP contribution in [0.5, 0.6) is 11.5 Å². The van der Waals surface area contributed by atoms with E-state index in [-0.39, 0.29) is 0 Å². The molecule has 0 spiro atoms. The highest BCUT2D eigenvalue weighted by Gasteiger charge is 2.25. The summed E-state index contributed by atoms with van der Waals surface area (Å²) in [4.78, 5) is 23.2. The van der Waals surface area contributed by atoms with Crippen LogP contribution in [-0.4, -0.2) is 84.4 Å². The van der Waals surface area contributed by atoms with Crippen LogP contribution in [0.3, 0.4) is 0 Å². The second-order valence-electron chi connectivity index (χ2n) is 9.88. The number of ether oxygens (including phenoxy) is 2. The lowest BCUT2D eigenvalue weighted by Gasteiger charge is -2.35. The fraction of sp³-hybridized carbons (Fsp3) is 0.310. The number of halogens is 2. The fourth-order valence-electron chi connectivity index (χ4n) is 5.15. The minimum Gasteiger partial charge on any atom is -0.495 e. The minimum absolute atomic E-state index is 0.297. The van der Waals surface area contributed by atoms with Gasteiger partial charge >= 0.3 is 0 Å². The van der Waals surface area contributed by atoms with Crippen LogP contribution in [-0.2, 0) is 0 Å². The summed E-state index contributed by atoms with van der Waals surface area (Å²) in [6, 6.07) is 11.4. The SMILES string of the molecule is CCN1CCN(c2cc(NC3=CC=NCN3n3c(Nc4c(Cl)c(OC)cc(OC)c4Cl)nc4ccccc43)ncn2)CC1. The van der Waals surface area contributed by atoms with E-state index in [1.54, 1.807) is 18.6 Å². The molecule has 43 heavy (non-hydrogen) atoms. The summed E-state index contributed by atoms with van der Waals surface area (Å²) in [5.74, 6) is 3.57. The van der Waals surface area contributed by atoms with Crippen molar-refractivity contribution >= 4 is 63.7 Å². The summed E-state index contributed by atoms with van der Waals surface area (Å²) in [6.45, 7) is 7.42. The first-order valence-corrected chi connectivity index (χ1v) is 14.6. The number of hydrogen-bond donors (Lipinski definition) is 2. The molecule has 0 radical (unpaired) electrons. The largest absolute Gasteiger partial charge is 0.495 e. The van der Waals surface area contributed by atoms with Gasteiger partial charge in [-0.15, -0.1) is 0 Å². The van der Waals surface area contributed by atoms with Gasteiger partial charge in [0.2, 0.25) is 5.95 Å². The van der Waals surface area contributed by atoms with Crippen LogP contribution in [0.1, 0.15) is 6.92 Å². The summed E-state index contributed by atoms with van der Waals surface area (Å²) < 4.78 is 12.9. The molecule has 0 bridgehead atoms. The average Bonchev–Trinajstić information content (AvgIpc) is 3.41. The monoisotopic (exact) mass is 622 g/mol. The number of nitrogens with zero attached hydrogens (tertiary/aromatic N) is 8. The highest BCUT2D eigenvalue weighted by atomic mass is 35.5. The number of piperazine rings is 1. The van der Waals surface area contributed by atoms with Crippen LogP contribution in [0.4, 0.5) is 23.3 Å². The number of anilines is 4. The molecule has 4 aromatic rings. The van der Waals surface area contributed by atoms with E-state index in [0.29, 0.717) is 45.7 Å². The Bertz CT molecular complexity index is 1660. The van der Waals surface area contributed by atoms with Crippen LogP contribution >= 0.6 is 23.2 Å². The Morgan fingerprint density at radius 3 is 2.40 bits per heavy atom. The van der Waals surface area contributed by atoms with Gasteiger partial charge in [0, 0.05) is 44.5 Å². The maximum Gasteiger partial charge on any atom is 0.228 e. The number of imidazole rings is 1. The molecule has 2 aliphatic rings. The smallest absolute Gasteiger partial charge is 0.228 e. The number of aliphatic imine (C=N–C) groups is 1. The van der Waals surface area contributed by atoms with Crippen LogP contribution in [0, 0.1) is 0 Å². The van der Waals surface area contributed by atoms with Crippen molar-refractivity contribution < 1.29 is 9.47 Å². The molecule has 0 aliphatic carbocycles. The van der Waals surface area contributed by atoms with Crippen molar-refractivity contribution in [2.75, 3.05) is 74.2 Å². The molecular formula is C29H32Cl2N10O2. The third kappa shape index (κ3) is 5.73. The Balaban J connectivity index is 1.35. The Hall–Kier alpha value is -4.26. The van der Waals surface area contributed by atoms with E-state index in [2.05, 4.69) is 42.3 Å². The summed E-state index contributed by atoms with van der Waals surface area (Å²) in [5.41, 5.74) is 2.00. The lowest BCUT2D eigenvalue weighted by molar-refractivity contribution is 0.270. The quantitative estimate of drug-likeness (QED) is 0.266. The first-order chi connectivity index (χ1) is 21.0. The maximum absolute atomic E-state index is 6.71. The van der Waals surface area contributed by atoms with Gasteiger partial charge in [0.15, 0.2) is 0 Å². The van der Waals surface area contributed by atoms with Gasteiger partial charge in [-0.05, 0) is 24.8 Å². The summed E-state index contributed by atoms with van der Waals surface area (Å²) in [7, 11) is 3.07. The molecule has 6 rings (SSSR count). The van der Waals surface area contributed by atoms with Crippen molar-refractivity contribution in [1.82, 2.24) is 24.5 Å². The number of hydrogen-bond acceptors (Lipinski definition) is 11. The van der Waals surface area contributed by atoms with Crippen molar-refractivity contribution in [3.63, 3.8) is 0 Å². The predicted octanol–water partition coefficient (Wildman–Crippen LogP) is 4.97. The van der Waals surface area contributed by atoms with Gasteiger partial charge in [0.1, 0.15) is 52.0 Å². The summed E-state index contributed by atoms with van der Waals surface area (Å²) in [5, 5.41) is 9.36. The van der Waals surface area contributed by atoms with E-state index in [9.17, 15) is 0 Å². The maximum atomic E-state index is 6.71. The third-order valence-electron chi connectivity index (χ3n) is 7.47. The summed E-state index contributed by atoms with van der Waals surface area (Å²) in [6.07, 6.45) is 5.24. The van der Waals surface area contributed by atoms with Crippen LogP contribution in [0.15, 0.2) is 59.6 Å². The van der Waals surface area contributed by atoms with Crippen LogP contribution < -0.4 is 30.0 Å². The van der Waals surface area contributed by atoms with Gasteiger partial charge < -0.3 is 29.9 Å². The second-order valence-corrected chi connectivity index (χ2v) is 10.6. The van der Waals surface area contributed by atoms with E-state index >= 15 is 0 Å². The van der Waals surface area contributed by atoms with Crippen LogP contribution in [0.25, 0.3) is 11.0 Å². The van der Waals surface area contributed by atoms with Gasteiger partial charge in [-0.25, -0.2) is 24.6 Å². The zero-order chi connectivity index (χ0) is 29.9. The number of likely N-dealkylation sites (N-methyl/N-ethyl adjacent to an activating group) is 1. The third-order valence-corrected chi connectivity index (χ3v) is 8.22. The van der Waals surface area contributed by atoms with Gasteiger partial charge in [-0.3, -0.25) is 4.99 Å². The number of nitrogens with one attached hydrogen (secondary N) is 2. The molecule has 12 nitrogen and oxygen atoms in total. The number of methoxy groups -OCH3 is 2. The Labute approximate surface area is 259 Å². The van der Waals surface area contributed by atoms with Crippen molar-refractivity contribution in [3.8, 4) is 11.5 Å². The molecule has 0 atom stereocenters. The highest BCUT2D eigenvalue weighted by Crippen LogP contribution is 2.45. The molecule has 4 heterocycles. The van der Waals surface area contributed by atoms with Gasteiger partial charge in [0.25, 0.3) is 0 Å². The van der Waals surface area contributed by atoms with E-state index in [1.165, 1.54) is 14.2 Å². The van der Waals surface area contributed by atoms with E-state index in [0.717, 1.165) is 55.4 Å².